The van der Waals surface area contributed by atoms with Gasteiger partial charge in [-0.1, -0.05) is 17.7 Å². The molecule has 3 aromatic rings. The predicted octanol–water partition coefficient (Wildman–Crippen LogP) is 4.69. The van der Waals surface area contributed by atoms with E-state index in [1.165, 1.54) is 30.6 Å². The third-order valence-electron chi connectivity index (χ3n) is 4.97. The van der Waals surface area contributed by atoms with Crippen LogP contribution in [0.2, 0.25) is 5.02 Å². The van der Waals surface area contributed by atoms with Gasteiger partial charge in [0.05, 0.1) is 10.5 Å². The number of amides is 1. The zero-order valence-electron chi connectivity index (χ0n) is 16.5. The smallest absolute Gasteiger partial charge is 0.425 e. The van der Waals surface area contributed by atoms with Gasteiger partial charge < -0.3 is 14.6 Å². The second-order valence-corrected chi connectivity index (χ2v) is 7.89. The van der Waals surface area contributed by atoms with Crippen molar-refractivity contribution in [2.45, 2.75) is 38.2 Å². The highest BCUT2D eigenvalue weighted by Gasteiger charge is 2.44. The van der Waals surface area contributed by atoms with Crippen LogP contribution in [0, 0.1) is 12.7 Å². The monoisotopic (exact) mass is 469 g/mol. The van der Waals surface area contributed by atoms with Gasteiger partial charge in [-0.15, -0.1) is 0 Å². The standard InChI is InChI=1S/C21H16ClF4N3O3/c1-10-6-11(2-5-15(10)23)12-7-16-17(27-8-12)14(22)9-29(16)19(18(30)28-13-3-4-13)32-20(31)21(24,25)26/h2,5-9,13,19H,3-4H2,1H3,(H,28,30). The second-order valence-electron chi connectivity index (χ2n) is 7.48. The van der Waals surface area contributed by atoms with Crippen molar-refractivity contribution in [1.29, 1.82) is 0 Å². The Morgan fingerprint density at radius 2 is 1.97 bits per heavy atom. The van der Waals surface area contributed by atoms with Crippen molar-refractivity contribution < 1.29 is 31.9 Å². The maximum Gasteiger partial charge on any atom is 0.491 e. The molecule has 168 valence electrons. The van der Waals surface area contributed by atoms with E-state index in [-0.39, 0.29) is 22.1 Å². The van der Waals surface area contributed by atoms with E-state index in [1.54, 1.807) is 13.0 Å². The quantitative estimate of drug-likeness (QED) is 0.435. The molecule has 0 spiro atoms. The van der Waals surface area contributed by atoms with Crippen molar-refractivity contribution in [3.8, 4) is 11.1 Å². The largest absolute Gasteiger partial charge is 0.491 e. The molecular formula is C21H16ClF4N3O3. The molecule has 1 aliphatic rings. The van der Waals surface area contributed by atoms with Crippen molar-refractivity contribution in [1.82, 2.24) is 14.9 Å². The lowest BCUT2D eigenvalue weighted by Crippen LogP contribution is -2.39. The molecule has 1 N–H and O–H groups in total. The zero-order valence-corrected chi connectivity index (χ0v) is 17.3. The fraction of sp³-hybridized carbons (Fsp3) is 0.286. The van der Waals surface area contributed by atoms with E-state index in [2.05, 4.69) is 15.0 Å². The summed E-state index contributed by atoms with van der Waals surface area (Å²) in [4.78, 5) is 28.4. The number of esters is 1. The van der Waals surface area contributed by atoms with Gasteiger partial charge in [0.25, 0.3) is 12.1 Å². The molecule has 6 nitrogen and oxygen atoms in total. The molecule has 32 heavy (non-hydrogen) atoms. The number of aromatic nitrogens is 2. The van der Waals surface area contributed by atoms with Crippen LogP contribution in [-0.2, 0) is 14.3 Å². The number of benzene rings is 1. The molecule has 4 rings (SSSR count). The number of nitrogens with zero attached hydrogens (tertiary/aromatic N) is 2. The number of hydrogen-bond donors (Lipinski definition) is 1. The maximum absolute atomic E-state index is 13.6. The van der Waals surface area contributed by atoms with Crippen LogP contribution < -0.4 is 5.32 Å². The molecule has 2 heterocycles. The lowest BCUT2D eigenvalue weighted by Gasteiger charge is -2.20. The summed E-state index contributed by atoms with van der Waals surface area (Å²) in [6.45, 7) is 1.58. The normalized spacial score (nSPS) is 14.9. The molecule has 1 atom stereocenters. The molecular weight excluding hydrogens is 454 g/mol. The first-order valence-corrected chi connectivity index (χ1v) is 9.93. The molecule has 0 aliphatic heterocycles. The minimum atomic E-state index is -5.29. The molecule has 11 heteroatoms. The number of pyridine rings is 1. The van der Waals surface area contributed by atoms with Crippen LogP contribution in [0.15, 0.2) is 36.7 Å². The van der Waals surface area contributed by atoms with Gasteiger partial charge in [0.2, 0.25) is 0 Å². The first-order chi connectivity index (χ1) is 15.0. The molecule has 1 aliphatic carbocycles. The molecule has 2 aromatic heterocycles. The van der Waals surface area contributed by atoms with Gasteiger partial charge in [-0.05, 0) is 49.1 Å². The summed E-state index contributed by atoms with van der Waals surface area (Å²) < 4.78 is 57.8. The first kappa shape index (κ1) is 22.1. The van der Waals surface area contributed by atoms with E-state index in [4.69, 9.17) is 11.6 Å². The second kappa shape index (κ2) is 8.09. The Bertz CT molecular complexity index is 1220. The predicted molar refractivity (Wildman–Crippen MR) is 107 cm³/mol. The number of carbonyl (C=O) groups excluding carboxylic acids is 2. The molecule has 1 saturated carbocycles. The van der Waals surface area contributed by atoms with Gasteiger partial charge >= 0.3 is 12.1 Å². The van der Waals surface area contributed by atoms with Crippen LogP contribution in [0.3, 0.4) is 0 Å². The summed E-state index contributed by atoms with van der Waals surface area (Å²) in [6.07, 6.45) is -3.25. The summed E-state index contributed by atoms with van der Waals surface area (Å²) in [5.74, 6) is -3.82. The van der Waals surface area contributed by atoms with Gasteiger partial charge in [0.1, 0.15) is 11.3 Å². The molecule has 1 amide bonds. The van der Waals surface area contributed by atoms with Crippen LogP contribution in [0.4, 0.5) is 17.6 Å². The molecule has 0 bridgehead atoms. The summed E-state index contributed by atoms with van der Waals surface area (Å²) in [7, 11) is 0. The molecule has 0 radical (unpaired) electrons. The topological polar surface area (TPSA) is 73.2 Å². The number of hydrogen-bond acceptors (Lipinski definition) is 4. The first-order valence-electron chi connectivity index (χ1n) is 9.55. The summed E-state index contributed by atoms with van der Waals surface area (Å²) in [6, 6.07) is 5.70. The highest BCUT2D eigenvalue weighted by Crippen LogP contribution is 2.33. The van der Waals surface area contributed by atoms with Crippen molar-refractivity contribution >= 4 is 34.5 Å². The fourth-order valence-corrected chi connectivity index (χ4v) is 3.42. The summed E-state index contributed by atoms with van der Waals surface area (Å²) in [5, 5.41) is 2.58. The van der Waals surface area contributed by atoms with Gasteiger partial charge in [0.15, 0.2) is 0 Å². The molecule has 0 saturated heterocycles. The fourth-order valence-electron chi connectivity index (χ4n) is 3.17. The maximum atomic E-state index is 13.6. The van der Waals surface area contributed by atoms with Crippen molar-refractivity contribution in [3.63, 3.8) is 0 Å². The highest BCUT2D eigenvalue weighted by atomic mass is 35.5. The van der Waals surface area contributed by atoms with Crippen LogP contribution >= 0.6 is 11.6 Å². The van der Waals surface area contributed by atoms with Crippen molar-refractivity contribution in [2.24, 2.45) is 0 Å². The highest BCUT2D eigenvalue weighted by molar-refractivity contribution is 6.35. The average Bonchev–Trinajstić information content (AvgIpc) is 3.49. The van der Waals surface area contributed by atoms with Crippen LogP contribution in [0.5, 0.6) is 0 Å². The van der Waals surface area contributed by atoms with Gasteiger partial charge in [-0.3, -0.25) is 9.78 Å². The van der Waals surface area contributed by atoms with E-state index in [9.17, 15) is 27.2 Å². The summed E-state index contributed by atoms with van der Waals surface area (Å²) in [5.41, 5.74) is 1.84. The number of carbonyl (C=O) groups is 2. The molecule has 1 fully saturated rings. The number of halogens is 5. The Labute approximate surface area is 184 Å². The van der Waals surface area contributed by atoms with Gasteiger partial charge in [0, 0.05) is 24.0 Å². The Kier molecular flexibility index (Phi) is 5.58. The third-order valence-corrected chi connectivity index (χ3v) is 5.24. The molecule has 1 unspecified atom stereocenters. The number of rotatable bonds is 5. The number of nitrogens with one attached hydrogen (secondary N) is 1. The van der Waals surface area contributed by atoms with E-state index < -0.39 is 30.1 Å². The summed E-state index contributed by atoms with van der Waals surface area (Å²) >= 11 is 6.19. The SMILES string of the molecule is Cc1cc(-c2cnc3c(Cl)cn(C(OC(=O)C(F)(F)F)C(=O)NC4CC4)c3c2)ccc1F. The Balaban J connectivity index is 1.80. The van der Waals surface area contributed by atoms with E-state index in [0.29, 0.717) is 29.5 Å². The van der Waals surface area contributed by atoms with Crippen LogP contribution in [-0.4, -0.2) is 33.6 Å². The van der Waals surface area contributed by atoms with Crippen LogP contribution in [0.25, 0.3) is 22.2 Å². The number of fused-ring (bicyclic) bond motifs is 1. The average molecular weight is 470 g/mol. The van der Waals surface area contributed by atoms with E-state index >= 15 is 0 Å². The molecule has 1 aromatic carbocycles. The number of alkyl halides is 3. The lowest BCUT2D eigenvalue weighted by atomic mass is 10.0. The Morgan fingerprint density at radius 1 is 1.25 bits per heavy atom. The lowest BCUT2D eigenvalue weighted by molar-refractivity contribution is -0.209. The van der Waals surface area contributed by atoms with Crippen molar-refractivity contribution in [3.05, 3.63) is 53.1 Å². The number of aryl methyl sites for hydroxylation is 1. The Hall–Kier alpha value is -3.14. The minimum Gasteiger partial charge on any atom is -0.425 e. The van der Waals surface area contributed by atoms with Gasteiger partial charge in [-0.25, -0.2) is 9.18 Å². The van der Waals surface area contributed by atoms with Crippen LogP contribution in [0.1, 0.15) is 24.6 Å². The van der Waals surface area contributed by atoms with Crippen molar-refractivity contribution in [2.75, 3.05) is 0 Å². The minimum absolute atomic E-state index is 0.0501. The van der Waals surface area contributed by atoms with Gasteiger partial charge in [-0.2, -0.15) is 13.2 Å². The number of ether oxygens (including phenoxy) is 1. The third kappa shape index (κ3) is 4.40. The van der Waals surface area contributed by atoms with E-state index in [1.807, 2.05) is 0 Å². The Morgan fingerprint density at radius 3 is 2.59 bits per heavy atom. The zero-order chi connectivity index (χ0) is 23.2. The van der Waals surface area contributed by atoms with E-state index in [0.717, 1.165) is 4.57 Å².